The lowest BCUT2D eigenvalue weighted by Gasteiger charge is -2.16. The number of aryl methyl sites for hydroxylation is 2. The van der Waals surface area contributed by atoms with Gasteiger partial charge in [0.05, 0.1) is 14.7 Å². The van der Waals surface area contributed by atoms with E-state index in [9.17, 15) is 5.11 Å². The maximum absolute atomic E-state index is 10.6. The Labute approximate surface area is 133 Å². The normalized spacial score (nSPS) is 12.5. The Hall–Kier alpha value is -0.360. The zero-order valence-electron chi connectivity index (χ0n) is 10.8. The summed E-state index contributed by atoms with van der Waals surface area (Å²) in [5.41, 5.74) is 3.82. The fourth-order valence-electron chi connectivity index (χ4n) is 2.03. The van der Waals surface area contributed by atoms with Crippen LogP contribution in [0.5, 0.6) is 5.75 Å². The minimum atomic E-state index is -0.637. The molecule has 0 aliphatic rings. The second-order valence-corrected chi connectivity index (χ2v) is 8.11. The van der Waals surface area contributed by atoms with E-state index in [-0.39, 0.29) is 0 Å². The van der Waals surface area contributed by atoms with Crippen molar-refractivity contribution in [2.24, 2.45) is 0 Å². The van der Waals surface area contributed by atoms with Crippen LogP contribution in [0.15, 0.2) is 25.8 Å². The van der Waals surface area contributed by atoms with Crippen LogP contribution in [0.1, 0.15) is 28.4 Å². The third-order valence-corrected chi connectivity index (χ3v) is 5.44. The molecule has 1 N–H and O–H groups in total. The number of benzene rings is 1. The second kappa shape index (κ2) is 5.95. The largest absolute Gasteiger partial charge is 0.496 e. The van der Waals surface area contributed by atoms with Crippen molar-refractivity contribution in [2.45, 2.75) is 20.0 Å². The lowest BCUT2D eigenvalue weighted by molar-refractivity contribution is 0.219. The van der Waals surface area contributed by atoms with Gasteiger partial charge in [0.1, 0.15) is 11.9 Å². The molecule has 19 heavy (non-hydrogen) atoms. The van der Waals surface area contributed by atoms with E-state index in [0.717, 1.165) is 35.6 Å². The van der Waals surface area contributed by atoms with Crippen molar-refractivity contribution in [3.63, 3.8) is 0 Å². The van der Waals surface area contributed by atoms with Gasteiger partial charge in [0.2, 0.25) is 0 Å². The Balaban J connectivity index is 2.47. The Morgan fingerprint density at radius 2 is 1.79 bits per heavy atom. The Bertz CT molecular complexity index is 608. The molecule has 1 atom stereocenters. The van der Waals surface area contributed by atoms with Gasteiger partial charge in [-0.25, -0.2) is 0 Å². The first-order valence-electron chi connectivity index (χ1n) is 5.72. The first-order valence-corrected chi connectivity index (χ1v) is 8.12. The van der Waals surface area contributed by atoms with E-state index < -0.39 is 6.10 Å². The quantitative estimate of drug-likeness (QED) is 0.780. The summed E-state index contributed by atoms with van der Waals surface area (Å²) in [6.07, 6.45) is -0.637. The molecule has 0 fully saturated rings. The summed E-state index contributed by atoms with van der Waals surface area (Å²) in [4.78, 5) is 0. The van der Waals surface area contributed by atoms with Crippen molar-refractivity contribution in [3.05, 3.63) is 48.0 Å². The summed E-state index contributed by atoms with van der Waals surface area (Å²) in [6.45, 7) is 3.96. The van der Waals surface area contributed by atoms with Gasteiger partial charge in [-0.1, -0.05) is 0 Å². The molecule has 0 aliphatic carbocycles. The van der Waals surface area contributed by atoms with E-state index in [0.29, 0.717) is 0 Å². The molecule has 1 aromatic carbocycles. The Morgan fingerprint density at radius 1 is 1.11 bits per heavy atom. The molecule has 5 heteroatoms. The van der Waals surface area contributed by atoms with Crippen LogP contribution in [0.4, 0.5) is 0 Å². The number of halogens is 2. The summed E-state index contributed by atoms with van der Waals surface area (Å²) in [6, 6.07) is 5.89. The molecule has 0 saturated carbocycles. The van der Waals surface area contributed by atoms with Crippen molar-refractivity contribution < 1.29 is 9.84 Å². The molecule has 2 nitrogen and oxygen atoms in total. The Kier molecular flexibility index (Phi) is 4.71. The first-order chi connectivity index (χ1) is 8.93. The number of aliphatic hydroxyl groups excluding tert-OH is 1. The number of rotatable bonds is 3. The summed E-state index contributed by atoms with van der Waals surface area (Å²) >= 11 is 8.49. The number of thiophene rings is 1. The van der Waals surface area contributed by atoms with Crippen molar-refractivity contribution in [3.8, 4) is 5.75 Å². The summed E-state index contributed by atoms with van der Waals surface area (Å²) in [5.74, 6) is 0.846. The van der Waals surface area contributed by atoms with Crippen molar-refractivity contribution in [2.75, 3.05) is 7.11 Å². The molecule has 0 amide bonds. The number of ether oxygens (including phenoxy) is 1. The monoisotopic (exact) mass is 404 g/mol. The number of hydrogen-bond acceptors (Lipinski definition) is 3. The van der Waals surface area contributed by atoms with Crippen LogP contribution >= 0.6 is 43.2 Å². The maximum atomic E-state index is 10.6. The highest BCUT2D eigenvalue weighted by Crippen LogP contribution is 2.39. The minimum absolute atomic E-state index is 0.637. The lowest BCUT2D eigenvalue weighted by Crippen LogP contribution is -2.03. The number of aliphatic hydroxyl groups is 1. The van der Waals surface area contributed by atoms with Gasteiger partial charge in [-0.05, 0) is 80.6 Å². The first kappa shape index (κ1) is 15.0. The van der Waals surface area contributed by atoms with Crippen molar-refractivity contribution in [1.29, 1.82) is 0 Å². The van der Waals surface area contributed by atoms with Crippen LogP contribution < -0.4 is 4.74 Å². The molecule has 0 spiro atoms. The molecule has 1 unspecified atom stereocenters. The van der Waals surface area contributed by atoms with Gasteiger partial charge in [0.15, 0.2) is 0 Å². The second-order valence-electron chi connectivity index (χ2n) is 4.36. The molecule has 1 aromatic heterocycles. The van der Waals surface area contributed by atoms with Crippen LogP contribution in [0.3, 0.4) is 0 Å². The molecular formula is C14H14Br2O2S. The van der Waals surface area contributed by atoms with Gasteiger partial charge < -0.3 is 9.84 Å². The Morgan fingerprint density at radius 3 is 2.32 bits per heavy atom. The van der Waals surface area contributed by atoms with Crippen molar-refractivity contribution >= 4 is 43.2 Å². The van der Waals surface area contributed by atoms with Crippen molar-refractivity contribution in [1.82, 2.24) is 0 Å². The third-order valence-electron chi connectivity index (χ3n) is 3.06. The van der Waals surface area contributed by atoms with Gasteiger partial charge in [0, 0.05) is 5.56 Å². The molecule has 2 rings (SSSR count). The summed E-state index contributed by atoms with van der Waals surface area (Å²) in [7, 11) is 1.66. The standard InChI is InChI=1S/C14H14Br2O2S/c1-7-5-11(18-3)8(2)4-9(7)13(17)10-6-12(15)19-14(10)16/h4-6,13,17H,1-3H3. The predicted octanol–water partition coefficient (Wildman–Crippen LogP) is 4.98. The van der Waals surface area contributed by atoms with E-state index in [2.05, 4.69) is 31.9 Å². The van der Waals surface area contributed by atoms with Gasteiger partial charge in [0.25, 0.3) is 0 Å². The van der Waals surface area contributed by atoms with Crippen LogP contribution in [0, 0.1) is 13.8 Å². The van der Waals surface area contributed by atoms with Crippen LogP contribution in [-0.4, -0.2) is 12.2 Å². The van der Waals surface area contributed by atoms with Gasteiger partial charge >= 0.3 is 0 Å². The topological polar surface area (TPSA) is 29.5 Å². The molecule has 0 bridgehead atoms. The molecule has 0 saturated heterocycles. The fourth-order valence-corrected chi connectivity index (χ4v) is 4.92. The van der Waals surface area contributed by atoms with Crippen LogP contribution in [0.25, 0.3) is 0 Å². The summed E-state index contributed by atoms with van der Waals surface area (Å²) < 4.78 is 7.24. The molecular weight excluding hydrogens is 392 g/mol. The molecule has 2 aromatic rings. The highest BCUT2D eigenvalue weighted by molar-refractivity contribution is 9.12. The van der Waals surface area contributed by atoms with E-state index in [4.69, 9.17) is 4.74 Å². The fraction of sp³-hybridized carbons (Fsp3) is 0.286. The molecule has 1 heterocycles. The molecule has 0 radical (unpaired) electrons. The highest BCUT2D eigenvalue weighted by atomic mass is 79.9. The van der Waals surface area contributed by atoms with Gasteiger partial charge in [-0.15, -0.1) is 11.3 Å². The van der Waals surface area contributed by atoms with Gasteiger partial charge in [-0.3, -0.25) is 0 Å². The zero-order chi connectivity index (χ0) is 14.2. The van der Waals surface area contributed by atoms with E-state index in [1.54, 1.807) is 18.4 Å². The average Bonchev–Trinajstić information content (AvgIpc) is 2.70. The lowest BCUT2D eigenvalue weighted by atomic mass is 9.97. The van der Waals surface area contributed by atoms with E-state index >= 15 is 0 Å². The van der Waals surface area contributed by atoms with E-state index in [1.165, 1.54) is 0 Å². The van der Waals surface area contributed by atoms with Gasteiger partial charge in [-0.2, -0.15) is 0 Å². The minimum Gasteiger partial charge on any atom is -0.496 e. The highest BCUT2D eigenvalue weighted by Gasteiger charge is 2.19. The SMILES string of the molecule is COc1cc(C)c(C(O)c2cc(Br)sc2Br)cc1C. The number of hydrogen-bond donors (Lipinski definition) is 1. The molecule has 102 valence electrons. The number of methoxy groups -OCH3 is 1. The average molecular weight is 406 g/mol. The third kappa shape index (κ3) is 3.05. The molecule has 0 aliphatic heterocycles. The van der Waals surface area contributed by atoms with Crippen LogP contribution in [-0.2, 0) is 0 Å². The maximum Gasteiger partial charge on any atom is 0.122 e. The van der Waals surface area contributed by atoms with Crippen LogP contribution in [0.2, 0.25) is 0 Å². The predicted molar refractivity (Wildman–Crippen MR) is 86.2 cm³/mol. The summed E-state index contributed by atoms with van der Waals surface area (Å²) in [5, 5.41) is 10.6. The smallest absolute Gasteiger partial charge is 0.122 e. The zero-order valence-corrected chi connectivity index (χ0v) is 14.8. The van der Waals surface area contributed by atoms with E-state index in [1.807, 2.05) is 32.0 Å².